The molecule has 0 spiro atoms. The molecule has 0 bridgehead atoms. The molecular formula is C15H18F2N6O. The fourth-order valence-corrected chi connectivity index (χ4v) is 2.68. The molecule has 1 aliphatic heterocycles. The topological polar surface area (TPSA) is 67.2 Å². The van der Waals surface area contributed by atoms with E-state index in [1.807, 2.05) is 17.9 Å². The van der Waals surface area contributed by atoms with Crippen LogP contribution in [0.2, 0.25) is 0 Å². The summed E-state index contributed by atoms with van der Waals surface area (Å²) in [7, 11) is 0. The van der Waals surface area contributed by atoms with Crippen LogP contribution in [0.3, 0.4) is 0 Å². The van der Waals surface area contributed by atoms with Crippen LogP contribution in [0.25, 0.3) is 0 Å². The Labute approximate surface area is 137 Å². The number of alkyl halides is 2. The summed E-state index contributed by atoms with van der Waals surface area (Å²) in [5.41, 5.74) is 0.144. The zero-order valence-electron chi connectivity index (χ0n) is 13.3. The number of hydrogen-bond acceptors (Lipinski definition) is 6. The van der Waals surface area contributed by atoms with Crippen molar-refractivity contribution in [2.75, 3.05) is 36.0 Å². The molecule has 0 N–H and O–H groups in total. The van der Waals surface area contributed by atoms with Gasteiger partial charge >= 0.3 is 0 Å². The van der Waals surface area contributed by atoms with E-state index in [0.29, 0.717) is 18.8 Å². The summed E-state index contributed by atoms with van der Waals surface area (Å²) in [4.78, 5) is 24.5. The molecule has 0 aliphatic carbocycles. The van der Waals surface area contributed by atoms with Crippen molar-refractivity contribution in [1.29, 1.82) is 0 Å². The Kier molecular flexibility index (Phi) is 4.68. The molecule has 0 atom stereocenters. The second-order valence-electron chi connectivity index (χ2n) is 5.56. The predicted octanol–water partition coefficient (Wildman–Crippen LogP) is 0.933. The molecule has 0 radical (unpaired) electrons. The summed E-state index contributed by atoms with van der Waals surface area (Å²) >= 11 is 0. The molecular weight excluding hydrogens is 318 g/mol. The lowest BCUT2D eigenvalue weighted by molar-refractivity contribution is 0.119. The summed E-state index contributed by atoms with van der Waals surface area (Å²) in [5, 5.41) is 3.83. The molecule has 7 nitrogen and oxygen atoms in total. The maximum absolute atomic E-state index is 12.4. The van der Waals surface area contributed by atoms with Crippen molar-refractivity contribution in [2.24, 2.45) is 0 Å². The molecule has 0 aromatic carbocycles. The highest BCUT2D eigenvalue weighted by atomic mass is 19.3. The molecule has 1 fully saturated rings. The normalized spacial score (nSPS) is 15.2. The molecule has 0 amide bonds. The third-order valence-electron chi connectivity index (χ3n) is 3.90. The number of anilines is 2. The van der Waals surface area contributed by atoms with E-state index in [4.69, 9.17) is 0 Å². The van der Waals surface area contributed by atoms with Crippen molar-refractivity contribution in [1.82, 2.24) is 19.7 Å². The second kappa shape index (κ2) is 6.90. The number of aryl methyl sites for hydroxylation is 1. The zero-order chi connectivity index (χ0) is 17.1. The first-order valence-electron chi connectivity index (χ1n) is 7.68. The fraction of sp³-hybridized carbons (Fsp3) is 0.467. The van der Waals surface area contributed by atoms with E-state index in [-0.39, 0.29) is 0 Å². The van der Waals surface area contributed by atoms with Gasteiger partial charge in [0.15, 0.2) is 0 Å². The van der Waals surface area contributed by atoms with Gasteiger partial charge in [-0.2, -0.15) is 5.10 Å². The summed E-state index contributed by atoms with van der Waals surface area (Å²) in [6, 6.07) is 3.23. The van der Waals surface area contributed by atoms with Crippen LogP contribution in [0.1, 0.15) is 5.82 Å². The summed E-state index contributed by atoms with van der Waals surface area (Å²) in [6.07, 6.45) is 0.603. The molecule has 2 aromatic rings. The Hall–Kier alpha value is -2.58. The minimum absolute atomic E-state index is 0.512. The third kappa shape index (κ3) is 3.66. The summed E-state index contributed by atoms with van der Waals surface area (Å²) in [6.45, 7) is 4.05. The number of halogens is 2. The quantitative estimate of drug-likeness (QED) is 0.828. The van der Waals surface area contributed by atoms with E-state index in [1.165, 1.54) is 12.3 Å². The van der Waals surface area contributed by atoms with Crippen LogP contribution in [-0.2, 0) is 6.54 Å². The van der Waals surface area contributed by atoms with Gasteiger partial charge in [0.1, 0.15) is 18.2 Å². The van der Waals surface area contributed by atoms with Gasteiger partial charge in [0, 0.05) is 38.4 Å². The summed E-state index contributed by atoms with van der Waals surface area (Å²) < 4.78 is 25.5. The van der Waals surface area contributed by atoms with Crippen LogP contribution in [0, 0.1) is 6.92 Å². The zero-order valence-corrected chi connectivity index (χ0v) is 13.3. The Bertz CT molecular complexity index is 758. The molecule has 128 valence electrons. The van der Waals surface area contributed by atoms with Gasteiger partial charge in [-0.25, -0.2) is 23.4 Å². The Morgan fingerprint density at radius 1 is 1.21 bits per heavy atom. The lowest BCUT2D eigenvalue weighted by atomic mass is 10.3. The highest BCUT2D eigenvalue weighted by Crippen LogP contribution is 2.17. The third-order valence-corrected chi connectivity index (χ3v) is 3.90. The lowest BCUT2D eigenvalue weighted by Crippen LogP contribution is -2.47. The first-order valence-corrected chi connectivity index (χ1v) is 7.68. The molecule has 1 aliphatic rings. The van der Waals surface area contributed by atoms with Crippen LogP contribution in [0.5, 0.6) is 0 Å². The van der Waals surface area contributed by atoms with Gasteiger partial charge in [-0.05, 0) is 13.0 Å². The molecule has 1 saturated heterocycles. The Morgan fingerprint density at radius 3 is 2.54 bits per heavy atom. The van der Waals surface area contributed by atoms with Gasteiger partial charge in [-0.3, -0.25) is 4.79 Å². The molecule has 2 aromatic heterocycles. The number of rotatable bonds is 4. The SMILES string of the molecule is Cc1nccc(N2CCN(c3cnn(CC(F)F)c(=O)c3)CC2)n1. The number of nitrogens with zero attached hydrogens (tertiary/aromatic N) is 6. The summed E-state index contributed by atoms with van der Waals surface area (Å²) in [5.74, 6) is 1.61. The Balaban J connectivity index is 1.66. The largest absolute Gasteiger partial charge is 0.367 e. The molecule has 24 heavy (non-hydrogen) atoms. The van der Waals surface area contributed by atoms with E-state index < -0.39 is 18.5 Å². The van der Waals surface area contributed by atoms with Crippen molar-refractivity contribution >= 4 is 11.5 Å². The van der Waals surface area contributed by atoms with Gasteiger partial charge in [-0.15, -0.1) is 0 Å². The van der Waals surface area contributed by atoms with Gasteiger partial charge < -0.3 is 9.80 Å². The first-order chi connectivity index (χ1) is 11.5. The van der Waals surface area contributed by atoms with Gasteiger partial charge in [-0.1, -0.05) is 0 Å². The highest BCUT2D eigenvalue weighted by Gasteiger charge is 2.19. The molecule has 9 heteroatoms. The fourth-order valence-electron chi connectivity index (χ4n) is 2.68. The van der Waals surface area contributed by atoms with Crippen LogP contribution >= 0.6 is 0 Å². The average Bonchev–Trinajstić information content (AvgIpc) is 2.56. The van der Waals surface area contributed by atoms with Gasteiger partial charge in [0.25, 0.3) is 12.0 Å². The van der Waals surface area contributed by atoms with Crippen molar-refractivity contribution in [3.63, 3.8) is 0 Å². The van der Waals surface area contributed by atoms with Crippen molar-refractivity contribution < 1.29 is 8.78 Å². The highest BCUT2D eigenvalue weighted by molar-refractivity contribution is 5.47. The van der Waals surface area contributed by atoms with E-state index >= 15 is 0 Å². The number of hydrogen-bond donors (Lipinski definition) is 0. The van der Waals surface area contributed by atoms with Crippen molar-refractivity contribution in [2.45, 2.75) is 19.9 Å². The molecule has 3 rings (SSSR count). The van der Waals surface area contributed by atoms with E-state index in [0.717, 1.165) is 29.4 Å². The van der Waals surface area contributed by atoms with Crippen molar-refractivity contribution in [3.8, 4) is 0 Å². The Morgan fingerprint density at radius 2 is 1.92 bits per heavy atom. The van der Waals surface area contributed by atoms with Gasteiger partial charge in [0.05, 0.1) is 11.9 Å². The van der Waals surface area contributed by atoms with Crippen LogP contribution in [0.15, 0.2) is 29.3 Å². The minimum atomic E-state index is -2.60. The maximum atomic E-state index is 12.4. The van der Waals surface area contributed by atoms with Crippen molar-refractivity contribution in [3.05, 3.63) is 40.7 Å². The van der Waals surface area contributed by atoms with Crippen LogP contribution in [0.4, 0.5) is 20.3 Å². The van der Waals surface area contributed by atoms with Crippen LogP contribution in [-0.4, -0.2) is 52.4 Å². The van der Waals surface area contributed by atoms with Gasteiger partial charge in [0.2, 0.25) is 0 Å². The molecule has 3 heterocycles. The lowest BCUT2D eigenvalue weighted by Gasteiger charge is -2.36. The number of piperazine rings is 1. The standard InChI is InChI=1S/C15H18F2N6O/c1-11-18-3-2-14(20-11)22-6-4-21(5-7-22)12-8-15(24)23(19-9-12)10-13(16)17/h2-3,8-9,13H,4-7,10H2,1H3. The smallest absolute Gasteiger partial charge is 0.269 e. The first kappa shape index (κ1) is 16.3. The molecule has 0 unspecified atom stereocenters. The molecule has 0 saturated carbocycles. The maximum Gasteiger partial charge on any atom is 0.269 e. The van der Waals surface area contributed by atoms with E-state index in [2.05, 4.69) is 20.0 Å². The minimum Gasteiger partial charge on any atom is -0.367 e. The second-order valence-corrected chi connectivity index (χ2v) is 5.56. The predicted molar refractivity (Wildman–Crippen MR) is 85.7 cm³/mol. The average molecular weight is 336 g/mol. The van der Waals surface area contributed by atoms with Crippen LogP contribution < -0.4 is 15.4 Å². The monoisotopic (exact) mass is 336 g/mol. The number of aromatic nitrogens is 4. The van der Waals surface area contributed by atoms with E-state index in [9.17, 15) is 13.6 Å². The van der Waals surface area contributed by atoms with E-state index in [1.54, 1.807) is 6.20 Å².